The molecule has 0 bridgehead atoms. The SMILES string of the molecule is CCOC(=O)CC(O)CSc1ccc(Cl)cc1. The third-order valence-corrected chi connectivity index (χ3v) is 3.37. The first kappa shape index (κ1) is 14.4. The van der Waals surface area contributed by atoms with E-state index in [9.17, 15) is 9.90 Å². The number of hydrogen-bond donors (Lipinski definition) is 1. The Hall–Kier alpha value is -0.710. The van der Waals surface area contributed by atoms with Crippen molar-refractivity contribution in [2.75, 3.05) is 12.4 Å². The summed E-state index contributed by atoms with van der Waals surface area (Å²) < 4.78 is 4.75. The van der Waals surface area contributed by atoms with E-state index >= 15 is 0 Å². The van der Waals surface area contributed by atoms with Crippen molar-refractivity contribution in [1.29, 1.82) is 0 Å². The van der Waals surface area contributed by atoms with Crippen LogP contribution in [0.4, 0.5) is 0 Å². The summed E-state index contributed by atoms with van der Waals surface area (Å²) in [7, 11) is 0. The molecule has 0 radical (unpaired) electrons. The van der Waals surface area contributed by atoms with E-state index in [1.165, 1.54) is 11.8 Å². The van der Waals surface area contributed by atoms with Crippen LogP contribution in [-0.4, -0.2) is 29.5 Å². The molecular formula is C12H15ClO3S. The molecule has 1 aromatic rings. The maximum Gasteiger partial charge on any atom is 0.308 e. The van der Waals surface area contributed by atoms with Gasteiger partial charge in [0.15, 0.2) is 0 Å². The summed E-state index contributed by atoms with van der Waals surface area (Å²) in [6.07, 6.45) is -0.649. The second-order valence-electron chi connectivity index (χ2n) is 3.43. The summed E-state index contributed by atoms with van der Waals surface area (Å²) in [5.41, 5.74) is 0. The minimum Gasteiger partial charge on any atom is -0.466 e. The first-order valence-electron chi connectivity index (χ1n) is 5.34. The molecular weight excluding hydrogens is 260 g/mol. The number of halogens is 1. The summed E-state index contributed by atoms with van der Waals surface area (Å²) in [6.45, 7) is 2.09. The number of carbonyl (C=O) groups excluding carboxylic acids is 1. The van der Waals surface area contributed by atoms with Gasteiger partial charge >= 0.3 is 5.97 Å². The molecule has 0 heterocycles. The average Bonchev–Trinajstić information content (AvgIpc) is 2.28. The highest BCUT2D eigenvalue weighted by Gasteiger charge is 2.11. The van der Waals surface area contributed by atoms with Crippen molar-refractivity contribution in [2.45, 2.75) is 24.3 Å². The highest BCUT2D eigenvalue weighted by atomic mass is 35.5. The number of aliphatic hydroxyl groups excluding tert-OH is 1. The maximum absolute atomic E-state index is 11.1. The topological polar surface area (TPSA) is 46.5 Å². The number of ether oxygens (including phenoxy) is 1. The molecule has 3 nitrogen and oxygen atoms in total. The molecule has 1 atom stereocenters. The zero-order chi connectivity index (χ0) is 12.7. The van der Waals surface area contributed by atoms with E-state index in [0.717, 1.165) is 4.90 Å². The fourth-order valence-electron chi connectivity index (χ4n) is 1.19. The number of rotatable bonds is 6. The fourth-order valence-corrected chi connectivity index (χ4v) is 2.15. The van der Waals surface area contributed by atoms with Crippen LogP contribution >= 0.6 is 23.4 Å². The Balaban J connectivity index is 2.30. The summed E-state index contributed by atoms with van der Waals surface area (Å²) in [6, 6.07) is 7.34. The minimum absolute atomic E-state index is 0.0361. The van der Waals surface area contributed by atoms with Crippen LogP contribution in [0, 0.1) is 0 Å². The zero-order valence-electron chi connectivity index (χ0n) is 9.56. The van der Waals surface area contributed by atoms with Crippen molar-refractivity contribution in [1.82, 2.24) is 0 Å². The molecule has 0 aliphatic carbocycles. The second kappa shape index (κ2) is 7.58. The van der Waals surface area contributed by atoms with Crippen molar-refractivity contribution in [2.24, 2.45) is 0 Å². The molecule has 1 unspecified atom stereocenters. The predicted molar refractivity (Wildman–Crippen MR) is 69.4 cm³/mol. The molecule has 0 saturated carbocycles. The van der Waals surface area contributed by atoms with Gasteiger partial charge in [0, 0.05) is 15.7 Å². The average molecular weight is 275 g/mol. The minimum atomic E-state index is -0.685. The maximum atomic E-state index is 11.1. The van der Waals surface area contributed by atoms with E-state index < -0.39 is 6.10 Å². The van der Waals surface area contributed by atoms with E-state index in [-0.39, 0.29) is 12.4 Å². The smallest absolute Gasteiger partial charge is 0.308 e. The lowest BCUT2D eigenvalue weighted by Gasteiger charge is -2.09. The van der Waals surface area contributed by atoms with Crippen molar-refractivity contribution in [3.8, 4) is 0 Å². The Labute approximate surface area is 110 Å². The van der Waals surface area contributed by atoms with E-state index in [1.807, 2.05) is 12.1 Å². The molecule has 94 valence electrons. The number of aliphatic hydroxyl groups is 1. The van der Waals surface area contributed by atoms with Gasteiger partial charge in [0.25, 0.3) is 0 Å². The molecule has 1 N–H and O–H groups in total. The van der Waals surface area contributed by atoms with Crippen molar-refractivity contribution in [3.63, 3.8) is 0 Å². The van der Waals surface area contributed by atoms with Crippen LogP contribution in [0.2, 0.25) is 5.02 Å². The van der Waals surface area contributed by atoms with Crippen LogP contribution in [0.3, 0.4) is 0 Å². The van der Waals surface area contributed by atoms with Gasteiger partial charge in [-0.3, -0.25) is 4.79 Å². The van der Waals surface area contributed by atoms with Gasteiger partial charge in [-0.15, -0.1) is 11.8 Å². The van der Waals surface area contributed by atoms with Crippen LogP contribution in [-0.2, 0) is 9.53 Å². The van der Waals surface area contributed by atoms with E-state index in [0.29, 0.717) is 17.4 Å². The third kappa shape index (κ3) is 5.96. The summed E-state index contributed by atoms with van der Waals surface area (Å²) in [5.74, 6) is 0.0946. The van der Waals surface area contributed by atoms with Crippen molar-refractivity contribution < 1.29 is 14.6 Å². The lowest BCUT2D eigenvalue weighted by molar-refractivity contribution is -0.144. The molecule has 0 aliphatic rings. The lowest BCUT2D eigenvalue weighted by atomic mass is 10.3. The number of thioether (sulfide) groups is 1. The second-order valence-corrected chi connectivity index (χ2v) is 4.96. The molecule has 0 spiro atoms. The molecule has 0 amide bonds. The Bertz CT molecular complexity index is 353. The van der Waals surface area contributed by atoms with Gasteiger partial charge in [0.1, 0.15) is 0 Å². The monoisotopic (exact) mass is 274 g/mol. The first-order chi connectivity index (χ1) is 8.11. The van der Waals surface area contributed by atoms with Gasteiger partial charge in [-0.1, -0.05) is 11.6 Å². The van der Waals surface area contributed by atoms with Gasteiger partial charge in [0.05, 0.1) is 19.1 Å². The molecule has 0 aromatic heterocycles. The summed E-state index contributed by atoms with van der Waals surface area (Å²) in [5, 5.41) is 10.3. The molecule has 17 heavy (non-hydrogen) atoms. The highest BCUT2D eigenvalue weighted by molar-refractivity contribution is 7.99. The summed E-state index contributed by atoms with van der Waals surface area (Å²) in [4.78, 5) is 12.1. The van der Waals surface area contributed by atoms with Gasteiger partial charge in [-0.2, -0.15) is 0 Å². The van der Waals surface area contributed by atoms with Crippen LogP contribution < -0.4 is 0 Å². The van der Waals surface area contributed by atoms with Gasteiger partial charge in [-0.25, -0.2) is 0 Å². The number of carbonyl (C=O) groups is 1. The van der Waals surface area contributed by atoms with Crippen molar-refractivity contribution in [3.05, 3.63) is 29.3 Å². The molecule has 5 heteroatoms. The fraction of sp³-hybridized carbons (Fsp3) is 0.417. The molecule has 0 saturated heterocycles. The van der Waals surface area contributed by atoms with Gasteiger partial charge < -0.3 is 9.84 Å². The summed E-state index contributed by atoms with van der Waals surface area (Å²) >= 11 is 7.24. The lowest BCUT2D eigenvalue weighted by Crippen LogP contribution is -2.17. The van der Waals surface area contributed by atoms with E-state index in [2.05, 4.69) is 0 Å². The number of hydrogen-bond acceptors (Lipinski definition) is 4. The highest BCUT2D eigenvalue weighted by Crippen LogP contribution is 2.21. The number of benzene rings is 1. The first-order valence-corrected chi connectivity index (χ1v) is 6.70. The van der Waals surface area contributed by atoms with E-state index in [4.69, 9.17) is 16.3 Å². The van der Waals surface area contributed by atoms with Crippen LogP contribution in [0.5, 0.6) is 0 Å². The molecule has 0 fully saturated rings. The Kier molecular flexibility index (Phi) is 6.40. The largest absolute Gasteiger partial charge is 0.466 e. The third-order valence-electron chi connectivity index (χ3n) is 1.96. The standard InChI is InChI=1S/C12H15ClO3S/c1-2-16-12(15)7-10(14)8-17-11-5-3-9(13)4-6-11/h3-6,10,14H,2,7-8H2,1H3. The normalized spacial score (nSPS) is 12.2. The van der Waals surface area contributed by atoms with Crippen LogP contribution in [0.15, 0.2) is 29.2 Å². The van der Waals surface area contributed by atoms with Crippen LogP contribution in [0.1, 0.15) is 13.3 Å². The van der Waals surface area contributed by atoms with Crippen molar-refractivity contribution >= 4 is 29.3 Å². The molecule has 1 rings (SSSR count). The molecule has 1 aromatic carbocycles. The van der Waals surface area contributed by atoms with Gasteiger partial charge in [0.2, 0.25) is 0 Å². The van der Waals surface area contributed by atoms with Gasteiger partial charge in [-0.05, 0) is 31.2 Å². The Morgan fingerprint density at radius 1 is 1.47 bits per heavy atom. The zero-order valence-corrected chi connectivity index (χ0v) is 11.1. The molecule has 0 aliphatic heterocycles. The Morgan fingerprint density at radius 2 is 2.12 bits per heavy atom. The van der Waals surface area contributed by atoms with E-state index in [1.54, 1.807) is 19.1 Å². The number of esters is 1. The Morgan fingerprint density at radius 3 is 2.71 bits per heavy atom. The van der Waals surface area contributed by atoms with Crippen LogP contribution in [0.25, 0.3) is 0 Å². The quantitative estimate of drug-likeness (QED) is 0.640. The predicted octanol–water partition coefficient (Wildman–Crippen LogP) is 2.75.